The molecule has 0 amide bonds. The Morgan fingerprint density at radius 2 is 1.72 bits per heavy atom. The Labute approximate surface area is 108 Å². The molecule has 2 heteroatoms. The van der Waals surface area contributed by atoms with Crippen LogP contribution < -0.4 is 11.1 Å². The van der Waals surface area contributed by atoms with Gasteiger partial charge in [-0.05, 0) is 36.2 Å². The van der Waals surface area contributed by atoms with E-state index in [2.05, 4.69) is 36.2 Å². The van der Waals surface area contributed by atoms with Crippen molar-refractivity contribution in [1.29, 1.82) is 0 Å². The lowest BCUT2D eigenvalue weighted by Crippen LogP contribution is -2.09. The molecule has 18 heavy (non-hydrogen) atoms. The Bertz CT molecular complexity index is 488. The summed E-state index contributed by atoms with van der Waals surface area (Å²) in [4.78, 5) is 0. The molecule has 2 nitrogen and oxygen atoms in total. The van der Waals surface area contributed by atoms with Crippen molar-refractivity contribution >= 4 is 11.4 Å². The quantitative estimate of drug-likeness (QED) is 0.610. The summed E-state index contributed by atoms with van der Waals surface area (Å²) in [6, 6.07) is 18.4. The molecule has 0 heterocycles. The zero-order valence-electron chi connectivity index (χ0n) is 10.3. The van der Waals surface area contributed by atoms with Crippen LogP contribution in [0.2, 0.25) is 0 Å². The van der Waals surface area contributed by atoms with E-state index in [1.807, 2.05) is 36.4 Å². The summed E-state index contributed by atoms with van der Waals surface area (Å²) >= 11 is 0. The Hall–Kier alpha value is -2.22. The number of rotatable bonds is 5. The van der Waals surface area contributed by atoms with Crippen molar-refractivity contribution in [2.24, 2.45) is 0 Å². The summed E-state index contributed by atoms with van der Waals surface area (Å²) < 4.78 is 0. The van der Waals surface area contributed by atoms with Crippen molar-refractivity contribution in [2.75, 3.05) is 11.1 Å². The molecule has 0 aliphatic heterocycles. The molecule has 0 bridgehead atoms. The van der Waals surface area contributed by atoms with Gasteiger partial charge < -0.3 is 11.1 Å². The van der Waals surface area contributed by atoms with E-state index in [4.69, 9.17) is 5.73 Å². The maximum Gasteiger partial charge on any atom is 0.0548 e. The summed E-state index contributed by atoms with van der Waals surface area (Å²) in [7, 11) is 0. The topological polar surface area (TPSA) is 38.0 Å². The average molecular weight is 238 g/mol. The van der Waals surface area contributed by atoms with E-state index < -0.39 is 0 Å². The Kier molecular flexibility index (Phi) is 4.02. The smallest absolute Gasteiger partial charge is 0.0548 e. The third-order valence-corrected chi connectivity index (χ3v) is 2.86. The molecule has 0 radical (unpaired) electrons. The van der Waals surface area contributed by atoms with Crippen LogP contribution in [-0.2, 0) is 0 Å². The molecule has 0 aromatic heterocycles. The summed E-state index contributed by atoms with van der Waals surface area (Å²) in [6.07, 6.45) is 2.80. The highest BCUT2D eigenvalue weighted by atomic mass is 14.9. The minimum atomic E-state index is 0.227. The predicted molar refractivity (Wildman–Crippen MR) is 78.5 cm³/mol. The zero-order chi connectivity index (χ0) is 12.8. The minimum absolute atomic E-state index is 0.227. The van der Waals surface area contributed by atoms with Crippen molar-refractivity contribution in [3.8, 4) is 0 Å². The number of nitrogens with two attached hydrogens (primary N) is 1. The van der Waals surface area contributed by atoms with Crippen LogP contribution in [0.15, 0.2) is 67.3 Å². The van der Waals surface area contributed by atoms with E-state index >= 15 is 0 Å². The van der Waals surface area contributed by atoms with Crippen LogP contribution in [0.3, 0.4) is 0 Å². The van der Waals surface area contributed by atoms with Crippen molar-refractivity contribution in [3.63, 3.8) is 0 Å². The van der Waals surface area contributed by atoms with Crippen LogP contribution in [0.1, 0.15) is 18.0 Å². The van der Waals surface area contributed by atoms with Gasteiger partial charge >= 0.3 is 0 Å². The fourth-order valence-electron chi connectivity index (χ4n) is 1.91. The van der Waals surface area contributed by atoms with Crippen molar-refractivity contribution < 1.29 is 0 Å². The van der Waals surface area contributed by atoms with Crippen LogP contribution in [0.25, 0.3) is 0 Å². The van der Waals surface area contributed by atoms with Crippen molar-refractivity contribution in [1.82, 2.24) is 0 Å². The highest BCUT2D eigenvalue weighted by Gasteiger charge is 2.09. The highest BCUT2D eigenvalue weighted by molar-refractivity contribution is 5.47. The first kappa shape index (κ1) is 12.2. The molecule has 0 aliphatic carbocycles. The Morgan fingerprint density at radius 3 is 2.33 bits per heavy atom. The second kappa shape index (κ2) is 5.92. The normalized spacial score (nSPS) is 11.8. The summed E-state index contributed by atoms with van der Waals surface area (Å²) in [5.74, 6) is 0. The molecule has 3 N–H and O–H groups in total. The molecule has 0 saturated carbocycles. The largest absolute Gasteiger partial charge is 0.399 e. The zero-order valence-corrected chi connectivity index (χ0v) is 10.3. The molecule has 1 atom stereocenters. The first-order chi connectivity index (χ1) is 8.79. The molecular weight excluding hydrogens is 220 g/mol. The monoisotopic (exact) mass is 238 g/mol. The number of hydrogen-bond acceptors (Lipinski definition) is 2. The van der Waals surface area contributed by atoms with Crippen LogP contribution in [0, 0.1) is 0 Å². The number of para-hydroxylation sites is 1. The average Bonchev–Trinajstić information content (AvgIpc) is 2.40. The highest BCUT2D eigenvalue weighted by Crippen LogP contribution is 2.23. The number of benzene rings is 2. The van der Waals surface area contributed by atoms with Crippen molar-refractivity contribution in [3.05, 3.63) is 72.8 Å². The van der Waals surface area contributed by atoms with Gasteiger partial charge in [0.2, 0.25) is 0 Å². The lowest BCUT2D eigenvalue weighted by molar-refractivity contribution is 0.799. The SMILES string of the molecule is C=CCC(Nc1ccccc1)c1ccc(N)cc1. The van der Waals surface area contributed by atoms with E-state index in [1.54, 1.807) is 0 Å². The first-order valence-electron chi connectivity index (χ1n) is 6.07. The van der Waals surface area contributed by atoms with E-state index in [9.17, 15) is 0 Å². The van der Waals surface area contributed by atoms with Gasteiger partial charge in [-0.1, -0.05) is 36.4 Å². The van der Waals surface area contributed by atoms with E-state index in [1.165, 1.54) is 5.56 Å². The second-order valence-electron chi connectivity index (χ2n) is 4.25. The molecule has 2 aromatic carbocycles. The van der Waals surface area contributed by atoms with E-state index in [0.717, 1.165) is 17.8 Å². The van der Waals surface area contributed by atoms with Crippen LogP contribution >= 0.6 is 0 Å². The van der Waals surface area contributed by atoms with Crippen LogP contribution in [-0.4, -0.2) is 0 Å². The van der Waals surface area contributed by atoms with Gasteiger partial charge in [-0.15, -0.1) is 6.58 Å². The van der Waals surface area contributed by atoms with Gasteiger partial charge in [0.25, 0.3) is 0 Å². The molecule has 0 fully saturated rings. The van der Waals surface area contributed by atoms with E-state index in [-0.39, 0.29) is 6.04 Å². The number of nitrogen functional groups attached to an aromatic ring is 1. The second-order valence-corrected chi connectivity index (χ2v) is 4.25. The molecule has 2 rings (SSSR count). The molecule has 0 saturated heterocycles. The number of anilines is 2. The lowest BCUT2D eigenvalue weighted by atomic mass is 10.0. The molecule has 92 valence electrons. The van der Waals surface area contributed by atoms with Gasteiger partial charge in [-0.3, -0.25) is 0 Å². The van der Waals surface area contributed by atoms with Gasteiger partial charge in [-0.2, -0.15) is 0 Å². The fourth-order valence-corrected chi connectivity index (χ4v) is 1.91. The fraction of sp³-hybridized carbons (Fsp3) is 0.125. The molecule has 1 unspecified atom stereocenters. The van der Waals surface area contributed by atoms with Gasteiger partial charge in [0.1, 0.15) is 0 Å². The number of nitrogens with one attached hydrogen (secondary N) is 1. The minimum Gasteiger partial charge on any atom is -0.399 e. The van der Waals surface area contributed by atoms with Gasteiger partial charge in [0.05, 0.1) is 6.04 Å². The van der Waals surface area contributed by atoms with Crippen molar-refractivity contribution in [2.45, 2.75) is 12.5 Å². The summed E-state index contributed by atoms with van der Waals surface area (Å²) in [5.41, 5.74) is 8.83. The lowest BCUT2D eigenvalue weighted by Gasteiger charge is -2.19. The third-order valence-electron chi connectivity index (χ3n) is 2.86. The van der Waals surface area contributed by atoms with Crippen LogP contribution in [0.5, 0.6) is 0 Å². The van der Waals surface area contributed by atoms with Gasteiger partial charge in [0, 0.05) is 11.4 Å². The molecule has 0 spiro atoms. The van der Waals surface area contributed by atoms with Crippen LogP contribution in [0.4, 0.5) is 11.4 Å². The van der Waals surface area contributed by atoms with Gasteiger partial charge in [-0.25, -0.2) is 0 Å². The molecular formula is C16H18N2. The molecule has 2 aromatic rings. The summed E-state index contributed by atoms with van der Waals surface area (Å²) in [6.45, 7) is 3.82. The Morgan fingerprint density at radius 1 is 1.06 bits per heavy atom. The molecule has 0 aliphatic rings. The maximum atomic E-state index is 5.71. The first-order valence-corrected chi connectivity index (χ1v) is 6.07. The Balaban J connectivity index is 2.18. The van der Waals surface area contributed by atoms with Gasteiger partial charge in [0.15, 0.2) is 0 Å². The summed E-state index contributed by atoms with van der Waals surface area (Å²) in [5, 5.41) is 3.50. The third kappa shape index (κ3) is 3.14. The standard InChI is InChI=1S/C16H18N2/c1-2-6-16(13-9-11-14(17)12-10-13)18-15-7-4-3-5-8-15/h2-5,7-12,16,18H,1,6,17H2. The maximum absolute atomic E-state index is 5.71. The predicted octanol–water partition coefficient (Wildman–Crippen LogP) is 4.00. The van der Waals surface area contributed by atoms with E-state index in [0.29, 0.717) is 0 Å². The number of hydrogen-bond donors (Lipinski definition) is 2.